The number of benzene rings is 6. The van der Waals surface area contributed by atoms with Crippen molar-refractivity contribution in [3.63, 3.8) is 0 Å². The molecule has 0 aliphatic carbocycles. The molecule has 8 aromatic rings. The molecule has 0 N–H and O–H groups in total. The van der Waals surface area contributed by atoms with E-state index in [9.17, 15) is 0 Å². The maximum absolute atomic E-state index is 5.12. The topological polar surface area (TPSA) is 30.7 Å². The number of hydrogen-bond donors (Lipinski definition) is 0. The molecule has 0 saturated heterocycles. The number of rotatable bonds is 5. The molecule has 2 aromatic heterocycles. The average Bonchev–Trinajstić information content (AvgIpc) is 3.43. The summed E-state index contributed by atoms with van der Waals surface area (Å²) in [5.41, 5.74) is 10.7. The van der Waals surface area contributed by atoms with Crippen LogP contribution in [0, 0.1) is 0 Å². The largest absolute Gasteiger partial charge is 0.309 e. The van der Waals surface area contributed by atoms with Crippen molar-refractivity contribution < 1.29 is 0 Å². The van der Waals surface area contributed by atoms with Crippen LogP contribution in [0.25, 0.3) is 72.5 Å². The van der Waals surface area contributed by atoms with Gasteiger partial charge in [-0.2, -0.15) is 0 Å². The van der Waals surface area contributed by atoms with Gasteiger partial charge in [0, 0.05) is 33.2 Å². The fraction of sp³-hybridized carbons (Fsp3) is 0. The summed E-state index contributed by atoms with van der Waals surface area (Å²) in [6, 6.07) is 57.3. The number of aromatic nitrogens is 3. The maximum Gasteiger partial charge on any atom is 0.160 e. The Hall–Kier alpha value is -5.80. The van der Waals surface area contributed by atoms with E-state index in [2.05, 4.69) is 132 Å². The van der Waals surface area contributed by atoms with E-state index in [4.69, 9.17) is 9.97 Å². The first-order valence-electron chi connectivity index (χ1n) is 14.5. The van der Waals surface area contributed by atoms with E-state index in [0.29, 0.717) is 5.82 Å². The fourth-order valence-corrected chi connectivity index (χ4v) is 6.03. The van der Waals surface area contributed by atoms with Crippen LogP contribution in [-0.2, 0) is 0 Å². The Morgan fingerprint density at radius 1 is 0.372 bits per heavy atom. The van der Waals surface area contributed by atoms with Gasteiger partial charge < -0.3 is 4.57 Å². The Labute approximate surface area is 250 Å². The van der Waals surface area contributed by atoms with Gasteiger partial charge in [-0.3, -0.25) is 0 Å². The first-order valence-corrected chi connectivity index (χ1v) is 14.5. The smallest absolute Gasteiger partial charge is 0.160 e. The molecule has 0 saturated carbocycles. The number of nitrogens with zero attached hydrogens (tertiary/aromatic N) is 3. The zero-order chi connectivity index (χ0) is 28.6. The Morgan fingerprint density at radius 3 is 1.60 bits per heavy atom. The third-order valence-electron chi connectivity index (χ3n) is 8.03. The molecule has 43 heavy (non-hydrogen) atoms. The first kappa shape index (κ1) is 25.0. The van der Waals surface area contributed by atoms with E-state index in [-0.39, 0.29) is 0 Å². The van der Waals surface area contributed by atoms with Crippen molar-refractivity contribution in [2.45, 2.75) is 0 Å². The highest BCUT2D eigenvalue weighted by Gasteiger charge is 2.16. The Balaban J connectivity index is 1.31. The molecule has 0 fully saturated rings. The quantitative estimate of drug-likeness (QED) is 0.214. The summed E-state index contributed by atoms with van der Waals surface area (Å²) < 4.78 is 2.36. The Morgan fingerprint density at radius 2 is 0.907 bits per heavy atom. The van der Waals surface area contributed by atoms with Gasteiger partial charge in [-0.25, -0.2) is 9.97 Å². The molecule has 0 aliphatic heterocycles. The summed E-state index contributed by atoms with van der Waals surface area (Å²) >= 11 is 0. The summed E-state index contributed by atoms with van der Waals surface area (Å²) in [5.74, 6) is 0.714. The van der Waals surface area contributed by atoms with Crippen LogP contribution in [0.15, 0.2) is 164 Å². The second kappa shape index (κ2) is 10.6. The average molecular weight is 550 g/mol. The molecule has 3 heteroatoms. The molecule has 6 aromatic carbocycles. The van der Waals surface area contributed by atoms with Crippen molar-refractivity contribution in [3.05, 3.63) is 164 Å². The first-order chi connectivity index (χ1) is 21.3. The van der Waals surface area contributed by atoms with Crippen LogP contribution in [0.2, 0.25) is 0 Å². The van der Waals surface area contributed by atoms with Crippen LogP contribution in [-0.4, -0.2) is 14.5 Å². The molecular formula is C40H27N3. The van der Waals surface area contributed by atoms with Crippen LogP contribution in [0.5, 0.6) is 0 Å². The van der Waals surface area contributed by atoms with E-state index in [0.717, 1.165) is 44.9 Å². The lowest BCUT2D eigenvalue weighted by atomic mass is 9.96. The summed E-state index contributed by atoms with van der Waals surface area (Å²) in [7, 11) is 0. The fourth-order valence-electron chi connectivity index (χ4n) is 6.03. The van der Waals surface area contributed by atoms with Crippen LogP contribution in [0.3, 0.4) is 0 Å². The monoisotopic (exact) mass is 549 g/mol. The minimum atomic E-state index is 0.714. The maximum atomic E-state index is 5.12. The zero-order valence-electron chi connectivity index (χ0n) is 23.4. The van der Waals surface area contributed by atoms with Crippen LogP contribution in [0.1, 0.15) is 0 Å². The molecule has 0 bridgehead atoms. The lowest BCUT2D eigenvalue weighted by Crippen LogP contribution is -1.97. The minimum Gasteiger partial charge on any atom is -0.309 e. The van der Waals surface area contributed by atoms with Crippen molar-refractivity contribution in [1.29, 1.82) is 0 Å². The van der Waals surface area contributed by atoms with Crippen molar-refractivity contribution in [2.24, 2.45) is 0 Å². The molecule has 0 atom stereocenters. The molecule has 202 valence electrons. The van der Waals surface area contributed by atoms with Crippen molar-refractivity contribution in [1.82, 2.24) is 14.5 Å². The van der Waals surface area contributed by atoms with Crippen LogP contribution in [0.4, 0.5) is 0 Å². The van der Waals surface area contributed by atoms with Crippen molar-refractivity contribution in [2.75, 3.05) is 0 Å². The molecule has 8 rings (SSSR count). The molecule has 2 heterocycles. The Bertz CT molecular complexity index is 2120. The molecular weight excluding hydrogens is 522 g/mol. The standard InChI is InChI=1S/C40H27N3/c1-3-14-28(15-4-1)36-27-37(42-40(41-36)29-16-5-2-6-17-29)33-21-8-7-20-32(33)30-18-13-19-31(26-30)43-38-24-11-9-22-34(38)35-23-10-12-25-39(35)43/h1-27H. The Kier molecular flexibility index (Phi) is 6.12. The van der Waals surface area contributed by atoms with Gasteiger partial charge in [0.05, 0.1) is 22.4 Å². The minimum absolute atomic E-state index is 0.714. The lowest BCUT2D eigenvalue weighted by molar-refractivity contribution is 1.18. The highest BCUT2D eigenvalue weighted by molar-refractivity contribution is 6.09. The normalized spacial score (nSPS) is 11.3. The highest BCUT2D eigenvalue weighted by atomic mass is 15.0. The van der Waals surface area contributed by atoms with Gasteiger partial charge >= 0.3 is 0 Å². The van der Waals surface area contributed by atoms with Gasteiger partial charge in [-0.15, -0.1) is 0 Å². The van der Waals surface area contributed by atoms with Crippen molar-refractivity contribution >= 4 is 21.8 Å². The molecule has 3 nitrogen and oxygen atoms in total. The summed E-state index contributed by atoms with van der Waals surface area (Å²) in [6.45, 7) is 0. The van der Waals surface area contributed by atoms with Gasteiger partial charge in [0.25, 0.3) is 0 Å². The summed E-state index contributed by atoms with van der Waals surface area (Å²) in [6.07, 6.45) is 0. The summed E-state index contributed by atoms with van der Waals surface area (Å²) in [5, 5.41) is 2.51. The predicted molar refractivity (Wildman–Crippen MR) is 178 cm³/mol. The molecule has 0 unspecified atom stereocenters. The molecule has 0 spiro atoms. The van der Waals surface area contributed by atoms with Crippen LogP contribution >= 0.6 is 0 Å². The predicted octanol–water partition coefficient (Wildman–Crippen LogP) is 10.2. The number of fused-ring (bicyclic) bond motifs is 3. The van der Waals surface area contributed by atoms with E-state index >= 15 is 0 Å². The highest BCUT2D eigenvalue weighted by Crippen LogP contribution is 2.37. The second-order valence-electron chi connectivity index (χ2n) is 10.7. The van der Waals surface area contributed by atoms with Gasteiger partial charge in [-0.1, -0.05) is 133 Å². The molecule has 0 radical (unpaired) electrons. The van der Waals surface area contributed by atoms with Crippen molar-refractivity contribution in [3.8, 4) is 50.7 Å². The van der Waals surface area contributed by atoms with Gasteiger partial charge in [0.2, 0.25) is 0 Å². The number of hydrogen-bond acceptors (Lipinski definition) is 2. The molecule has 0 aliphatic rings. The van der Waals surface area contributed by atoms with Crippen LogP contribution < -0.4 is 0 Å². The van der Waals surface area contributed by atoms with E-state index < -0.39 is 0 Å². The zero-order valence-corrected chi connectivity index (χ0v) is 23.4. The van der Waals surface area contributed by atoms with E-state index in [1.165, 1.54) is 21.8 Å². The lowest BCUT2D eigenvalue weighted by Gasteiger charge is -2.14. The third kappa shape index (κ3) is 4.48. The third-order valence-corrected chi connectivity index (χ3v) is 8.03. The van der Waals surface area contributed by atoms with E-state index in [1.807, 2.05) is 36.4 Å². The molecule has 0 amide bonds. The van der Waals surface area contributed by atoms with Gasteiger partial charge in [-0.05, 0) is 41.5 Å². The SMILES string of the molecule is c1ccc(-c2cc(-c3ccccc3-c3cccc(-n4c5ccccc5c5ccccc54)c3)nc(-c3ccccc3)n2)cc1. The van der Waals surface area contributed by atoms with Gasteiger partial charge in [0.1, 0.15) is 0 Å². The van der Waals surface area contributed by atoms with Gasteiger partial charge in [0.15, 0.2) is 5.82 Å². The second-order valence-corrected chi connectivity index (χ2v) is 10.7. The van der Waals surface area contributed by atoms with E-state index in [1.54, 1.807) is 0 Å². The summed E-state index contributed by atoms with van der Waals surface area (Å²) in [4.78, 5) is 10.1. The number of para-hydroxylation sites is 2.